The number of hydrogen-bond donors (Lipinski definition) is 1. The number of thiophene rings is 1. The van der Waals surface area contributed by atoms with E-state index in [0.29, 0.717) is 5.92 Å². The molecule has 2 rings (SSSR count). The molecule has 2 heterocycles. The summed E-state index contributed by atoms with van der Waals surface area (Å²) >= 11 is 1.82. The lowest BCUT2D eigenvalue weighted by atomic mass is 9.91. The van der Waals surface area contributed by atoms with Crippen LogP contribution in [0.25, 0.3) is 0 Å². The van der Waals surface area contributed by atoms with Crippen LogP contribution in [0.2, 0.25) is 0 Å². The highest BCUT2D eigenvalue weighted by atomic mass is 32.1. The Hall–Kier alpha value is -1.20. The van der Waals surface area contributed by atoms with Crippen LogP contribution in [0.15, 0.2) is 23.8 Å². The van der Waals surface area contributed by atoms with Crippen molar-refractivity contribution in [2.75, 3.05) is 6.54 Å². The van der Waals surface area contributed by atoms with Gasteiger partial charge in [-0.25, -0.2) is 9.67 Å². The second-order valence-electron chi connectivity index (χ2n) is 6.22. The van der Waals surface area contributed by atoms with Crippen molar-refractivity contribution >= 4 is 11.3 Å². The Morgan fingerprint density at radius 3 is 2.85 bits per heavy atom. The zero-order chi connectivity index (χ0) is 14.6. The summed E-state index contributed by atoms with van der Waals surface area (Å²) in [7, 11) is 0. The maximum Gasteiger partial charge on any atom is 0.140 e. The van der Waals surface area contributed by atoms with Crippen molar-refractivity contribution in [1.82, 2.24) is 20.1 Å². The topological polar surface area (TPSA) is 42.7 Å². The zero-order valence-electron chi connectivity index (χ0n) is 12.8. The summed E-state index contributed by atoms with van der Waals surface area (Å²) in [5.74, 6) is 1.60. The van der Waals surface area contributed by atoms with Crippen molar-refractivity contribution in [2.45, 2.75) is 46.2 Å². The first-order valence-electron chi connectivity index (χ1n) is 7.10. The van der Waals surface area contributed by atoms with E-state index in [9.17, 15) is 0 Å². The zero-order valence-corrected chi connectivity index (χ0v) is 13.6. The molecule has 0 spiro atoms. The van der Waals surface area contributed by atoms with Gasteiger partial charge >= 0.3 is 0 Å². The molecular weight excluding hydrogens is 268 g/mol. The van der Waals surface area contributed by atoms with E-state index < -0.39 is 0 Å². The van der Waals surface area contributed by atoms with E-state index in [-0.39, 0.29) is 5.41 Å². The first-order chi connectivity index (χ1) is 9.49. The van der Waals surface area contributed by atoms with Crippen LogP contribution in [-0.2, 0) is 18.5 Å². The van der Waals surface area contributed by atoms with E-state index in [2.05, 4.69) is 60.6 Å². The first kappa shape index (κ1) is 15.2. The molecule has 5 heteroatoms. The van der Waals surface area contributed by atoms with Gasteiger partial charge in [0.1, 0.15) is 12.2 Å². The third-order valence-electron chi connectivity index (χ3n) is 3.27. The van der Waals surface area contributed by atoms with Crippen LogP contribution in [0, 0.1) is 5.92 Å². The molecule has 0 amide bonds. The normalized spacial score (nSPS) is 12.2. The second-order valence-corrected chi connectivity index (χ2v) is 7.16. The molecule has 0 saturated carbocycles. The van der Waals surface area contributed by atoms with Gasteiger partial charge in [0.05, 0.1) is 6.54 Å². The Kier molecular flexibility index (Phi) is 4.94. The minimum Gasteiger partial charge on any atom is -0.309 e. The minimum absolute atomic E-state index is 0.150. The molecule has 0 fully saturated rings. The van der Waals surface area contributed by atoms with Crippen molar-refractivity contribution in [3.63, 3.8) is 0 Å². The average molecular weight is 292 g/mol. The standard InChI is InChI=1S/C15H24N4S/c1-12(2)9-19-14(17-11-18-19)8-16-10-15(3,4)13-6-5-7-20-13/h5-7,11-12,16H,8-10H2,1-4H3. The van der Waals surface area contributed by atoms with E-state index in [4.69, 9.17) is 0 Å². The summed E-state index contributed by atoms with van der Waals surface area (Å²) in [6.45, 7) is 11.5. The van der Waals surface area contributed by atoms with Gasteiger partial charge in [-0.3, -0.25) is 0 Å². The van der Waals surface area contributed by atoms with Crippen molar-refractivity contribution in [1.29, 1.82) is 0 Å². The fourth-order valence-electron chi connectivity index (χ4n) is 2.16. The third kappa shape index (κ3) is 3.90. The summed E-state index contributed by atoms with van der Waals surface area (Å²) in [6.07, 6.45) is 1.64. The predicted octanol–water partition coefficient (Wildman–Crippen LogP) is 3.06. The number of rotatable bonds is 7. The van der Waals surface area contributed by atoms with Crippen LogP contribution in [0.5, 0.6) is 0 Å². The molecule has 0 aromatic carbocycles. The van der Waals surface area contributed by atoms with E-state index in [0.717, 1.165) is 25.5 Å². The quantitative estimate of drug-likeness (QED) is 0.853. The Morgan fingerprint density at radius 1 is 1.40 bits per heavy atom. The van der Waals surface area contributed by atoms with E-state index in [1.54, 1.807) is 6.33 Å². The van der Waals surface area contributed by atoms with Crippen LogP contribution >= 0.6 is 11.3 Å². The molecule has 1 N–H and O–H groups in total. The number of aromatic nitrogens is 3. The van der Waals surface area contributed by atoms with E-state index in [1.165, 1.54) is 4.88 Å². The van der Waals surface area contributed by atoms with Crippen LogP contribution in [0.1, 0.15) is 38.4 Å². The summed E-state index contributed by atoms with van der Waals surface area (Å²) in [4.78, 5) is 5.75. The molecule has 20 heavy (non-hydrogen) atoms. The SMILES string of the molecule is CC(C)Cn1ncnc1CNCC(C)(C)c1cccs1. The molecule has 0 aliphatic heterocycles. The maximum atomic E-state index is 4.34. The molecule has 2 aromatic heterocycles. The van der Waals surface area contributed by atoms with Crippen molar-refractivity contribution in [3.05, 3.63) is 34.5 Å². The number of hydrogen-bond acceptors (Lipinski definition) is 4. The Balaban J connectivity index is 1.88. The van der Waals surface area contributed by atoms with Gasteiger partial charge in [-0.1, -0.05) is 33.8 Å². The van der Waals surface area contributed by atoms with Crippen LogP contribution in [-0.4, -0.2) is 21.3 Å². The number of nitrogens with zero attached hydrogens (tertiary/aromatic N) is 3. The lowest BCUT2D eigenvalue weighted by molar-refractivity contribution is 0.436. The smallest absolute Gasteiger partial charge is 0.140 e. The molecule has 0 unspecified atom stereocenters. The largest absolute Gasteiger partial charge is 0.309 e. The molecule has 0 radical (unpaired) electrons. The molecule has 110 valence electrons. The molecule has 0 bridgehead atoms. The van der Waals surface area contributed by atoms with Gasteiger partial charge in [-0.15, -0.1) is 11.3 Å². The van der Waals surface area contributed by atoms with Gasteiger partial charge in [0.15, 0.2) is 0 Å². The highest BCUT2D eigenvalue weighted by molar-refractivity contribution is 7.10. The molecule has 4 nitrogen and oxygen atoms in total. The van der Waals surface area contributed by atoms with Gasteiger partial charge in [-0.2, -0.15) is 5.10 Å². The molecular formula is C15H24N4S. The fourth-order valence-corrected chi connectivity index (χ4v) is 3.01. The number of nitrogens with one attached hydrogen (secondary N) is 1. The Bertz CT molecular complexity index is 514. The third-order valence-corrected chi connectivity index (χ3v) is 4.51. The van der Waals surface area contributed by atoms with Gasteiger partial charge in [0.2, 0.25) is 0 Å². The van der Waals surface area contributed by atoms with Crippen LogP contribution < -0.4 is 5.32 Å². The average Bonchev–Trinajstić information content (AvgIpc) is 3.00. The molecule has 0 aliphatic carbocycles. The lowest BCUT2D eigenvalue weighted by Crippen LogP contribution is -2.32. The fraction of sp³-hybridized carbons (Fsp3) is 0.600. The maximum absolute atomic E-state index is 4.34. The summed E-state index contributed by atoms with van der Waals surface area (Å²) in [6, 6.07) is 4.31. The summed E-state index contributed by atoms with van der Waals surface area (Å²) in [5.41, 5.74) is 0.150. The molecule has 0 saturated heterocycles. The van der Waals surface area contributed by atoms with E-state index >= 15 is 0 Å². The van der Waals surface area contributed by atoms with Crippen LogP contribution in [0.4, 0.5) is 0 Å². The molecule has 0 atom stereocenters. The van der Waals surface area contributed by atoms with Crippen molar-refractivity contribution in [3.8, 4) is 0 Å². The molecule has 0 aliphatic rings. The van der Waals surface area contributed by atoms with Gasteiger partial charge < -0.3 is 5.32 Å². The minimum atomic E-state index is 0.150. The van der Waals surface area contributed by atoms with Gasteiger partial charge in [0, 0.05) is 23.4 Å². The molecule has 2 aromatic rings. The van der Waals surface area contributed by atoms with Crippen LogP contribution in [0.3, 0.4) is 0 Å². The lowest BCUT2D eigenvalue weighted by Gasteiger charge is -2.23. The Morgan fingerprint density at radius 2 is 2.20 bits per heavy atom. The highest BCUT2D eigenvalue weighted by Gasteiger charge is 2.21. The second kappa shape index (κ2) is 6.50. The van der Waals surface area contributed by atoms with Gasteiger partial charge in [-0.05, 0) is 17.4 Å². The van der Waals surface area contributed by atoms with Crippen molar-refractivity contribution < 1.29 is 0 Å². The van der Waals surface area contributed by atoms with Gasteiger partial charge in [0.25, 0.3) is 0 Å². The monoisotopic (exact) mass is 292 g/mol. The van der Waals surface area contributed by atoms with E-state index in [1.807, 2.05) is 16.0 Å². The summed E-state index contributed by atoms with van der Waals surface area (Å²) in [5, 5.41) is 9.94. The summed E-state index contributed by atoms with van der Waals surface area (Å²) < 4.78 is 2.00. The van der Waals surface area contributed by atoms with Crippen molar-refractivity contribution in [2.24, 2.45) is 5.92 Å². The predicted molar refractivity (Wildman–Crippen MR) is 83.9 cm³/mol. The first-order valence-corrected chi connectivity index (χ1v) is 7.98. The highest BCUT2D eigenvalue weighted by Crippen LogP contribution is 2.26. The Labute approximate surface area is 125 Å².